The van der Waals surface area contributed by atoms with Gasteiger partial charge in [0.2, 0.25) is 0 Å². The predicted molar refractivity (Wildman–Crippen MR) is 127 cm³/mol. The van der Waals surface area contributed by atoms with E-state index in [9.17, 15) is 29.3 Å². The van der Waals surface area contributed by atoms with Gasteiger partial charge in [0.15, 0.2) is 12.4 Å². The minimum Gasteiger partial charge on any atom is -0.490 e. The van der Waals surface area contributed by atoms with E-state index in [0.717, 1.165) is 4.90 Å². The Kier molecular flexibility index (Phi) is 6.46. The average molecular weight is 489 g/mol. The number of carbonyl (C=O) groups is 4. The summed E-state index contributed by atoms with van der Waals surface area (Å²) in [6, 6.07) is 14.7. The number of ether oxygens (including phenoxy) is 2. The topological polar surface area (TPSA) is 145 Å². The molecular formula is C25H19N3O8. The number of hydrogen-bond donors (Lipinski definition) is 1. The minimum atomic E-state index is -0.794. The Balaban J connectivity index is 1.38. The molecule has 1 aliphatic rings. The molecule has 0 aliphatic carbocycles. The first-order valence-corrected chi connectivity index (χ1v) is 10.6. The summed E-state index contributed by atoms with van der Waals surface area (Å²) in [5.41, 5.74) is 1.45. The Morgan fingerprint density at radius 2 is 1.61 bits per heavy atom. The standard InChI is InChI=1S/C25H19N3O8/c1-14-11-20(28(33)34)21(35-2)12-19(14)26-22(29)13-36-25(32)15-7-9-16(10-8-15)27-23(30)17-5-3-4-6-18(17)24(27)31/h3-12H,13H2,1-2H3,(H,26,29). The van der Waals surface area contributed by atoms with Gasteiger partial charge in [0.1, 0.15) is 0 Å². The van der Waals surface area contributed by atoms with Crippen LogP contribution in [-0.4, -0.2) is 42.3 Å². The molecule has 182 valence electrons. The molecule has 0 spiro atoms. The van der Waals surface area contributed by atoms with Gasteiger partial charge in [0.25, 0.3) is 17.7 Å². The van der Waals surface area contributed by atoms with Crippen LogP contribution in [0.1, 0.15) is 36.6 Å². The largest absolute Gasteiger partial charge is 0.490 e. The third-order valence-corrected chi connectivity index (χ3v) is 5.49. The molecule has 3 aromatic rings. The third-order valence-electron chi connectivity index (χ3n) is 5.49. The van der Waals surface area contributed by atoms with E-state index in [-0.39, 0.29) is 28.4 Å². The zero-order valence-corrected chi connectivity index (χ0v) is 19.1. The molecule has 36 heavy (non-hydrogen) atoms. The van der Waals surface area contributed by atoms with Crippen LogP contribution < -0.4 is 15.0 Å². The number of nitrogens with one attached hydrogen (secondary N) is 1. The van der Waals surface area contributed by atoms with Crippen LogP contribution in [0, 0.1) is 17.0 Å². The average Bonchev–Trinajstić information content (AvgIpc) is 3.13. The summed E-state index contributed by atoms with van der Waals surface area (Å²) < 4.78 is 10.0. The predicted octanol–water partition coefficient (Wildman–Crippen LogP) is 3.51. The zero-order valence-electron chi connectivity index (χ0n) is 19.1. The Labute approximate surface area is 204 Å². The number of fused-ring (bicyclic) bond motifs is 1. The van der Waals surface area contributed by atoms with Crippen LogP contribution >= 0.6 is 0 Å². The second-order valence-corrected chi connectivity index (χ2v) is 7.76. The fraction of sp³-hybridized carbons (Fsp3) is 0.120. The zero-order chi connectivity index (χ0) is 26.0. The number of nitro benzene ring substituents is 1. The van der Waals surface area contributed by atoms with Gasteiger partial charge in [-0.25, -0.2) is 9.69 Å². The number of amides is 3. The molecule has 3 aromatic carbocycles. The van der Waals surface area contributed by atoms with Crippen molar-refractivity contribution in [2.45, 2.75) is 6.92 Å². The molecule has 0 bridgehead atoms. The van der Waals surface area contributed by atoms with Crippen LogP contribution in [0.3, 0.4) is 0 Å². The van der Waals surface area contributed by atoms with E-state index in [1.165, 1.54) is 43.5 Å². The second kappa shape index (κ2) is 9.66. The van der Waals surface area contributed by atoms with Crippen molar-refractivity contribution in [3.05, 3.63) is 93.0 Å². The molecule has 0 aromatic heterocycles. The number of hydrogen-bond acceptors (Lipinski definition) is 8. The fourth-order valence-corrected chi connectivity index (χ4v) is 3.68. The van der Waals surface area contributed by atoms with Crippen molar-refractivity contribution in [1.82, 2.24) is 0 Å². The number of aryl methyl sites for hydroxylation is 1. The van der Waals surface area contributed by atoms with Crippen LogP contribution in [0.2, 0.25) is 0 Å². The van der Waals surface area contributed by atoms with E-state index < -0.39 is 35.2 Å². The maximum absolute atomic E-state index is 12.6. The number of anilines is 2. The van der Waals surface area contributed by atoms with Gasteiger partial charge in [-0.1, -0.05) is 12.1 Å². The van der Waals surface area contributed by atoms with Crippen LogP contribution in [0.5, 0.6) is 5.75 Å². The highest BCUT2D eigenvalue weighted by Crippen LogP contribution is 2.33. The molecule has 0 saturated heterocycles. The normalized spacial score (nSPS) is 12.2. The lowest BCUT2D eigenvalue weighted by molar-refractivity contribution is -0.385. The van der Waals surface area contributed by atoms with Gasteiger partial charge < -0.3 is 14.8 Å². The van der Waals surface area contributed by atoms with Crippen LogP contribution in [0.4, 0.5) is 17.1 Å². The molecule has 0 fully saturated rings. The molecule has 0 saturated carbocycles. The summed E-state index contributed by atoms with van der Waals surface area (Å²) in [7, 11) is 1.27. The van der Waals surface area contributed by atoms with Crippen molar-refractivity contribution >= 4 is 40.8 Å². The Bertz CT molecular complexity index is 1380. The lowest BCUT2D eigenvalue weighted by Gasteiger charge is -2.14. The van der Waals surface area contributed by atoms with Crippen LogP contribution in [0.25, 0.3) is 0 Å². The summed E-state index contributed by atoms with van der Waals surface area (Å²) >= 11 is 0. The van der Waals surface area contributed by atoms with E-state index in [0.29, 0.717) is 16.7 Å². The molecule has 1 aliphatic heterocycles. The summed E-state index contributed by atoms with van der Waals surface area (Å²) in [6.45, 7) is 0.960. The van der Waals surface area contributed by atoms with Gasteiger partial charge in [-0.05, 0) is 48.9 Å². The molecule has 1 N–H and O–H groups in total. The van der Waals surface area contributed by atoms with Crippen molar-refractivity contribution < 1.29 is 33.6 Å². The maximum Gasteiger partial charge on any atom is 0.338 e. The molecule has 11 heteroatoms. The lowest BCUT2D eigenvalue weighted by Crippen LogP contribution is -2.29. The van der Waals surface area contributed by atoms with Crippen molar-refractivity contribution in [3.63, 3.8) is 0 Å². The first-order chi connectivity index (χ1) is 17.2. The van der Waals surface area contributed by atoms with Crippen molar-refractivity contribution in [2.75, 3.05) is 23.9 Å². The molecule has 0 radical (unpaired) electrons. The second-order valence-electron chi connectivity index (χ2n) is 7.76. The smallest absolute Gasteiger partial charge is 0.338 e. The van der Waals surface area contributed by atoms with E-state index >= 15 is 0 Å². The van der Waals surface area contributed by atoms with E-state index in [2.05, 4.69) is 5.32 Å². The number of rotatable bonds is 7. The number of benzene rings is 3. The summed E-state index contributed by atoms with van der Waals surface area (Å²) in [6.07, 6.45) is 0. The Morgan fingerprint density at radius 3 is 2.17 bits per heavy atom. The Morgan fingerprint density at radius 1 is 1.00 bits per heavy atom. The highest BCUT2D eigenvalue weighted by molar-refractivity contribution is 6.34. The van der Waals surface area contributed by atoms with Crippen molar-refractivity contribution in [3.8, 4) is 5.75 Å². The minimum absolute atomic E-state index is 0.0314. The molecule has 4 rings (SSSR count). The van der Waals surface area contributed by atoms with Crippen molar-refractivity contribution in [1.29, 1.82) is 0 Å². The Hall–Kier alpha value is -5.06. The number of carbonyl (C=O) groups excluding carboxylic acids is 4. The van der Waals surface area contributed by atoms with Crippen molar-refractivity contribution in [2.24, 2.45) is 0 Å². The number of esters is 1. The van der Waals surface area contributed by atoms with Gasteiger partial charge in [-0.2, -0.15) is 0 Å². The van der Waals surface area contributed by atoms with Gasteiger partial charge in [-0.15, -0.1) is 0 Å². The van der Waals surface area contributed by atoms with Gasteiger partial charge in [-0.3, -0.25) is 24.5 Å². The quantitative estimate of drug-likeness (QED) is 0.230. The van der Waals surface area contributed by atoms with Gasteiger partial charge in [0.05, 0.1) is 34.4 Å². The van der Waals surface area contributed by atoms with E-state index in [1.807, 2.05) is 0 Å². The third kappa shape index (κ3) is 4.49. The number of methoxy groups -OCH3 is 1. The highest BCUT2D eigenvalue weighted by atomic mass is 16.6. The SMILES string of the molecule is COc1cc(NC(=O)COC(=O)c2ccc(N3C(=O)c4ccccc4C3=O)cc2)c(C)cc1[N+](=O)[O-]. The molecule has 0 unspecified atom stereocenters. The number of imide groups is 1. The molecular weight excluding hydrogens is 470 g/mol. The lowest BCUT2D eigenvalue weighted by atomic mass is 10.1. The van der Waals surface area contributed by atoms with E-state index in [4.69, 9.17) is 9.47 Å². The molecule has 1 heterocycles. The van der Waals surface area contributed by atoms with Gasteiger partial charge in [0, 0.05) is 17.8 Å². The maximum atomic E-state index is 12.6. The van der Waals surface area contributed by atoms with Gasteiger partial charge >= 0.3 is 11.7 Å². The summed E-state index contributed by atoms with van der Waals surface area (Å²) in [5.74, 6) is -2.40. The number of nitro groups is 1. The van der Waals surface area contributed by atoms with Crippen LogP contribution in [0.15, 0.2) is 60.7 Å². The fourth-order valence-electron chi connectivity index (χ4n) is 3.68. The monoisotopic (exact) mass is 489 g/mol. The number of nitrogens with zero attached hydrogens (tertiary/aromatic N) is 2. The summed E-state index contributed by atoms with van der Waals surface area (Å²) in [4.78, 5) is 61.4. The molecule has 3 amide bonds. The highest BCUT2D eigenvalue weighted by Gasteiger charge is 2.36. The first-order valence-electron chi connectivity index (χ1n) is 10.6. The first kappa shape index (κ1) is 24.1. The van der Waals surface area contributed by atoms with E-state index in [1.54, 1.807) is 31.2 Å². The molecule has 11 nitrogen and oxygen atoms in total. The summed E-state index contributed by atoms with van der Waals surface area (Å²) in [5, 5.41) is 13.6. The molecule has 0 atom stereocenters. The van der Waals surface area contributed by atoms with Crippen LogP contribution in [-0.2, 0) is 9.53 Å².